The van der Waals surface area contributed by atoms with Crippen molar-refractivity contribution in [3.05, 3.63) is 16.9 Å². The van der Waals surface area contributed by atoms with Crippen molar-refractivity contribution in [3.63, 3.8) is 0 Å². The molecule has 0 aliphatic rings. The Morgan fingerprint density at radius 1 is 0.571 bits per heavy atom. The Bertz CT molecular complexity index is 521. The highest BCUT2D eigenvalue weighted by atomic mass is 15.3. The molecule has 0 bridgehead atoms. The number of nitrogens with zero attached hydrogens (tertiary/aromatic N) is 3. The first-order valence-corrected chi connectivity index (χ1v) is 7.73. The topological polar surface area (TPSA) is 86.3 Å². The Kier molecular flexibility index (Phi) is 5.75. The van der Waals surface area contributed by atoms with Gasteiger partial charge in [-0.05, 0) is 17.8 Å². The van der Waals surface area contributed by atoms with Gasteiger partial charge in [0.25, 0.3) is 0 Å². The van der Waals surface area contributed by atoms with Gasteiger partial charge in [0.15, 0.2) is 0 Å². The lowest BCUT2D eigenvalue weighted by Gasteiger charge is -2.21. The van der Waals surface area contributed by atoms with E-state index >= 15 is 0 Å². The lowest BCUT2D eigenvalue weighted by Crippen LogP contribution is -2.56. The number of hydrogen-bond donors (Lipinski definition) is 3. The smallest absolute Gasteiger partial charge is 0.207 e. The molecule has 0 atom stereocenters. The summed E-state index contributed by atoms with van der Waals surface area (Å²) in [7, 11) is 0. The lowest BCUT2D eigenvalue weighted by atomic mass is 10.2. The molecule has 120 valence electrons. The second kappa shape index (κ2) is 6.91. The average Bonchev–Trinajstić information content (AvgIpc) is 2.35. The molecule has 0 aliphatic heterocycles. The van der Waals surface area contributed by atoms with Gasteiger partial charge in [-0.15, -0.1) is 0 Å². The van der Waals surface area contributed by atoms with E-state index in [1.807, 2.05) is 0 Å². The molecule has 21 heavy (non-hydrogen) atoms. The molecule has 6 nitrogen and oxygen atoms in total. The average molecular weight is 294 g/mol. The highest BCUT2D eigenvalue weighted by Gasteiger charge is 2.12. The van der Waals surface area contributed by atoms with E-state index in [1.54, 1.807) is 13.7 Å². The molecule has 0 fully saturated rings. The van der Waals surface area contributed by atoms with E-state index in [9.17, 15) is 0 Å². The molecule has 1 aromatic rings. The highest BCUT2D eigenvalue weighted by molar-refractivity contribution is 4.74. The summed E-state index contributed by atoms with van der Waals surface area (Å²) < 4.78 is 5.15. The van der Waals surface area contributed by atoms with Crippen LogP contribution in [0.5, 0.6) is 0 Å². The van der Waals surface area contributed by atoms with Crippen LogP contribution in [0.25, 0.3) is 0 Å². The van der Waals surface area contributed by atoms with Crippen molar-refractivity contribution in [3.8, 4) is 0 Å². The summed E-state index contributed by atoms with van der Waals surface area (Å²) in [5.41, 5.74) is 0.771. The quantitative estimate of drug-likeness (QED) is 0.710. The molecule has 0 aromatic carbocycles. The van der Waals surface area contributed by atoms with E-state index in [2.05, 4.69) is 41.5 Å². The number of rotatable bonds is 6. The normalized spacial score (nSPS) is 11.9. The van der Waals surface area contributed by atoms with Gasteiger partial charge in [0.05, 0.1) is 0 Å². The van der Waals surface area contributed by atoms with E-state index in [-0.39, 0.29) is 16.9 Å². The molecule has 0 amide bonds. The molecule has 1 aromatic heterocycles. The Balaban J connectivity index is 3.62. The van der Waals surface area contributed by atoms with E-state index in [4.69, 9.17) is 16.2 Å². The second-order valence-electron chi connectivity index (χ2n) is 6.98. The van der Waals surface area contributed by atoms with Gasteiger partial charge in [0, 0.05) is 19.6 Å². The lowest BCUT2D eigenvalue weighted by molar-refractivity contribution is 0.340. The zero-order chi connectivity index (χ0) is 16.3. The van der Waals surface area contributed by atoms with Crippen molar-refractivity contribution in [1.29, 1.82) is 16.2 Å². The van der Waals surface area contributed by atoms with Crippen LogP contribution in [0.1, 0.15) is 41.5 Å². The Labute approximate surface area is 126 Å². The second-order valence-corrected chi connectivity index (χ2v) is 6.98. The molecular formula is C15H30N6. The number of aromatic nitrogens is 3. The third-order valence-corrected chi connectivity index (χ3v) is 3.18. The van der Waals surface area contributed by atoms with Gasteiger partial charge in [-0.1, -0.05) is 41.5 Å². The van der Waals surface area contributed by atoms with Crippen LogP contribution in [0.2, 0.25) is 0 Å². The largest absolute Gasteiger partial charge is 0.282 e. The summed E-state index contributed by atoms with van der Waals surface area (Å²) >= 11 is 0. The summed E-state index contributed by atoms with van der Waals surface area (Å²) in [5, 5.41) is 25.1. The van der Waals surface area contributed by atoms with Gasteiger partial charge >= 0.3 is 0 Å². The fourth-order valence-electron chi connectivity index (χ4n) is 2.35. The maximum Gasteiger partial charge on any atom is 0.207 e. The summed E-state index contributed by atoms with van der Waals surface area (Å²) in [4.78, 5) is 0. The van der Waals surface area contributed by atoms with E-state index in [0.29, 0.717) is 37.4 Å². The van der Waals surface area contributed by atoms with E-state index in [0.717, 1.165) is 0 Å². The molecular weight excluding hydrogens is 264 g/mol. The number of nitrogens with one attached hydrogen (secondary N) is 3. The molecule has 0 spiro atoms. The van der Waals surface area contributed by atoms with Crippen LogP contribution in [-0.2, 0) is 19.6 Å². The minimum Gasteiger partial charge on any atom is -0.282 e. The van der Waals surface area contributed by atoms with Gasteiger partial charge in [0.1, 0.15) is 0 Å². The fourth-order valence-corrected chi connectivity index (χ4v) is 2.35. The Hall–Kier alpha value is -1.59. The number of hydrogen-bond acceptors (Lipinski definition) is 3. The first kappa shape index (κ1) is 17.5. The maximum absolute atomic E-state index is 8.37. The molecule has 0 saturated carbocycles. The van der Waals surface area contributed by atoms with Crippen molar-refractivity contribution in [2.75, 3.05) is 0 Å². The van der Waals surface area contributed by atoms with Crippen LogP contribution >= 0.6 is 0 Å². The molecule has 0 radical (unpaired) electrons. The minimum absolute atomic E-state index is 0.257. The molecule has 1 heterocycles. The van der Waals surface area contributed by atoms with Crippen LogP contribution in [0, 0.1) is 34.0 Å². The first-order valence-electron chi connectivity index (χ1n) is 7.73. The maximum atomic E-state index is 8.37. The standard InChI is InChI=1S/C15H30N6/c1-10(2)7-19-13(16)20(8-11(3)4)15(18)21(14(19)17)9-12(5)6/h10-12,16-18H,7-9H2,1-6H3. The Morgan fingerprint density at radius 3 is 0.905 bits per heavy atom. The van der Waals surface area contributed by atoms with Gasteiger partial charge in [0.2, 0.25) is 16.9 Å². The van der Waals surface area contributed by atoms with Crippen molar-refractivity contribution in [1.82, 2.24) is 13.7 Å². The van der Waals surface area contributed by atoms with Gasteiger partial charge in [-0.2, -0.15) is 0 Å². The van der Waals surface area contributed by atoms with Gasteiger partial charge in [-0.25, -0.2) is 0 Å². The molecule has 0 saturated heterocycles. The highest BCUT2D eigenvalue weighted by Crippen LogP contribution is 1.97. The van der Waals surface area contributed by atoms with E-state index < -0.39 is 0 Å². The third-order valence-electron chi connectivity index (χ3n) is 3.18. The van der Waals surface area contributed by atoms with Crippen LogP contribution in [0.4, 0.5) is 0 Å². The third kappa shape index (κ3) is 4.19. The molecule has 1 rings (SSSR count). The first-order chi connectivity index (χ1) is 9.65. The predicted octanol–water partition coefficient (Wildman–Crippen LogP) is 1.50. The van der Waals surface area contributed by atoms with Crippen LogP contribution < -0.4 is 16.9 Å². The predicted molar refractivity (Wildman–Crippen MR) is 82.5 cm³/mol. The Morgan fingerprint density at radius 2 is 0.762 bits per heavy atom. The van der Waals surface area contributed by atoms with Crippen LogP contribution in [0.3, 0.4) is 0 Å². The summed E-state index contributed by atoms with van der Waals surface area (Å²) in [5.74, 6) is 1.08. The molecule has 0 aliphatic carbocycles. The summed E-state index contributed by atoms with van der Waals surface area (Å²) in [6.07, 6.45) is 0. The fraction of sp³-hybridized carbons (Fsp3) is 0.800. The van der Waals surface area contributed by atoms with Gasteiger partial charge < -0.3 is 0 Å². The summed E-state index contributed by atoms with van der Waals surface area (Å²) in [6, 6.07) is 0. The van der Waals surface area contributed by atoms with Crippen molar-refractivity contribution in [2.24, 2.45) is 17.8 Å². The molecule has 0 unspecified atom stereocenters. The van der Waals surface area contributed by atoms with Crippen molar-refractivity contribution in [2.45, 2.75) is 61.2 Å². The monoisotopic (exact) mass is 294 g/mol. The minimum atomic E-state index is 0.257. The zero-order valence-corrected chi connectivity index (χ0v) is 14.2. The van der Waals surface area contributed by atoms with Crippen LogP contribution in [0.15, 0.2) is 0 Å². The van der Waals surface area contributed by atoms with Crippen molar-refractivity contribution >= 4 is 0 Å². The summed E-state index contributed by atoms with van der Waals surface area (Å²) in [6.45, 7) is 14.4. The SMILES string of the molecule is CC(C)Cn1c(=N)n(CC(C)C)c(=N)n(CC(C)C)c1=N. The molecule has 6 heteroatoms. The van der Waals surface area contributed by atoms with Gasteiger partial charge in [-0.3, -0.25) is 29.9 Å². The van der Waals surface area contributed by atoms with E-state index in [1.165, 1.54) is 0 Å². The van der Waals surface area contributed by atoms with Crippen LogP contribution in [-0.4, -0.2) is 13.7 Å². The molecule has 3 N–H and O–H groups in total. The van der Waals surface area contributed by atoms with Crippen molar-refractivity contribution < 1.29 is 0 Å². The zero-order valence-electron chi connectivity index (χ0n) is 14.2.